The van der Waals surface area contributed by atoms with Gasteiger partial charge in [-0.25, -0.2) is 0 Å². The molecule has 3 aliphatic heterocycles. The van der Waals surface area contributed by atoms with Gasteiger partial charge < -0.3 is 9.80 Å². The maximum Gasteiger partial charge on any atom is 0.255 e. The van der Waals surface area contributed by atoms with Crippen molar-refractivity contribution in [3.63, 3.8) is 0 Å². The first-order chi connectivity index (χ1) is 19.8. The van der Waals surface area contributed by atoms with E-state index < -0.39 is 11.9 Å². The second-order valence-electron chi connectivity index (χ2n) is 11.4. The number of carbonyl (C=O) groups is 4. The lowest BCUT2D eigenvalue weighted by Crippen LogP contribution is -2.59. The zero-order valence-electron chi connectivity index (χ0n) is 23.3. The molecule has 0 radical (unpaired) electrons. The monoisotopic (exact) mass is 550 g/mol. The zero-order valence-corrected chi connectivity index (χ0v) is 23.3. The van der Waals surface area contributed by atoms with Crippen LogP contribution in [0.1, 0.15) is 70.1 Å². The fourth-order valence-electron chi connectivity index (χ4n) is 6.72. The topological polar surface area (TPSA) is 90.0 Å². The molecule has 3 atom stereocenters. The zero-order chi connectivity index (χ0) is 28.7. The lowest BCUT2D eigenvalue weighted by atomic mass is 9.94. The van der Waals surface area contributed by atoms with Crippen LogP contribution in [0.4, 0.5) is 0 Å². The first-order valence-corrected chi connectivity index (χ1v) is 14.3. The summed E-state index contributed by atoms with van der Waals surface area (Å²) < 4.78 is 0. The van der Waals surface area contributed by atoms with Gasteiger partial charge >= 0.3 is 0 Å². The smallest absolute Gasteiger partial charge is 0.255 e. The van der Waals surface area contributed by atoms with Crippen molar-refractivity contribution in [2.75, 3.05) is 13.1 Å². The number of imide groups is 1. The predicted octanol–water partition coefficient (Wildman–Crippen LogP) is 3.77. The maximum absolute atomic E-state index is 13.9. The van der Waals surface area contributed by atoms with Crippen molar-refractivity contribution in [3.05, 3.63) is 107 Å². The van der Waals surface area contributed by atoms with Crippen LogP contribution < -0.4 is 5.32 Å². The van der Waals surface area contributed by atoms with Gasteiger partial charge in [-0.2, -0.15) is 0 Å². The first kappa shape index (κ1) is 26.9. The Kier molecular flexibility index (Phi) is 7.17. The molecule has 0 aliphatic carbocycles. The molecule has 2 fully saturated rings. The maximum atomic E-state index is 13.9. The van der Waals surface area contributed by atoms with Crippen LogP contribution in [-0.2, 0) is 16.1 Å². The average Bonchev–Trinajstić information content (AvgIpc) is 3.29. The van der Waals surface area contributed by atoms with Crippen LogP contribution in [0.5, 0.6) is 0 Å². The van der Waals surface area contributed by atoms with E-state index in [1.54, 1.807) is 18.2 Å². The summed E-state index contributed by atoms with van der Waals surface area (Å²) in [5, 5.41) is 2.33. The van der Waals surface area contributed by atoms with Gasteiger partial charge in [0.25, 0.3) is 11.8 Å². The molecule has 1 N–H and O–H groups in total. The molecule has 8 heteroatoms. The summed E-state index contributed by atoms with van der Waals surface area (Å²) in [5.74, 6) is -1.05. The highest BCUT2D eigenvalue weighted by molar-refractivity contribution is 6.06. The molecule has 210 valence electrons. The van der Waals surface area contributed by atoms with Gasteiger partial charge in [0.1, 0.15) is 6.04 Å². The third-order valence-corrected chi connectivity index (χ3v) is 8.55. The van der Waals surface area contributed by atoms with Gasteiger partial charge in [0.2, 0.25) is 11.8 Å². The third-order valence-electron chi connectivity index (χ3n) is 8.55. The van der Waals surface area contributed by atoms with Crippen LogP contribution in [0.2, 0.25) is 0 Å². The van der Waals surface area contributed by atoms with E-state index in [-0.39, 0.29) is 48.8 Å². The molecular formula is C33H34N4O4. The molecule has 4 amide bonds. The molecule has 41 heavy (non-hydrogen) atoms. The fourth-order valence-corrected chi connectivity index (χ4v) is 6.72. The lowest BCUT2D eigenvalue weighted by Gasteiger charge is -2.47. The van der Waals surface area contributed by atoms with Gasteiger partial charge in [-0.3, -0.25) is 29.4 Å². The summed E-state index contributed by atoms with van der Waals surface area (Å²) in [6, 6.07) is 25.5. The quantitative estimate of drug-likeness (QED) is 0.489. The minimum atomic E-state index is -0.679. The Bertz CT molecular complexity index is 1440. The Hall–Kier alpha value is -4.30. The molecule has 0 spiro atoms. The molecule has 8 nitrogen and oxygen atoms in total. The van der Waals surface area contributed by atoms with Crippen molar-refractivity contribution < 1.29 is 19.2 Å². The van der Waals surface area contributed by atoms with E-state index in [1.165, 1.54) is 16.0 Å². The van der Waals surface area contributed by atoms with E-state index >= 15 is 0 Å². The van der Waals surface area contributed by atoms with E-state index in [9.17, 15) is 19.2 Å². The fraction of sp³-hybridized carbons (Fsp3) is 0.333. The summed E-state index contributed by atoms with van der Waals surface area (Å²) >= 11 is 0. The highest BCUT2D eigenvalue weighted by Gasteiger charge is 2.40. The molecule has 6 rings (SSSR count). The molecular weight excluding hydrogens is 516 g/mol. The summed E-state index contributed by atoms with van der Waals surface area (Å²) in [5.41, 5.74) is 4.23. The molecule has 3 aliphatic rings. The van der Waals surface area contributed by atoms with Crippen LogP contribution >= 0.6 is 0 Å². The summed E-state index contributed by atoms with van der Waals surface area (Å²) in [4.78, 5) is 56.9. The van der Waals surface area contributed by atoms with Crippen LogP contribution in [0.15, 0.2) is 78.9 Å². The standard InChI is InChI=1S/C33H34N4O4/c1-21-18-35(30(23-9-5-3-6-10-23)24-11-7-4-8-12-24)19-22(2)37(21)32(40)25-13-14-27-26(17-25)20-36(33(27)41)28-15-16-29(38)34-31(28)39/h3-14,17,21-22,28,30H,15-16,18-20H2,1-2H3,(H,34,38,39). The van der Waals surface area contributed by atoms with E-state index in [1.807, 2.05) is 17.0 Å². The number of hydrogen-bond donors (Lipinski definition) is 1. The molecule has 3 unspecified atom stereocenters. The number of carbonyl (C=O) groups excluding carboxylic acids is 4. The lowest BCUT2D eigenvalue weighted by molar-refractivity contribution is -0.136. The van der Waals surface area contributed by atoms with E-state index in [0.29, 0.717) is 17.5 Å². The molecule has 3 aromatic rings. The van der Waals surface area contributed by atoms with Crippen molar-refractivity contribution >= 4 is 23.6 Å². The summed E-state index contributed by atoms with van der Waals surface area (Å²) in [6.45, 7) is 5.87. The largest absolute Gasteiger partial charge is 0.331 e. The van der Waals surface area contributed by atoms with Gasteiger partial charge in [-0.15, -0.1) is 0 Å². The van der Waals surface area contributed by atoms with Crippen LogP contribution in [0.3, 0.4) is 0 Å². The number of benzene rings is 3. The van der Waals surface area contributed by atoms with Gasteiger partial charge in [0.15, 0.2) is 0 Å². The van der Waals surface area contributed by atoms with E-state index in [0.717, 1.165) is 18.7 Å². The first-order valence-electron chi connectivity index (χ1n) is 14.3. The number of rotatable bonds is 5. The van der Waals surface area contributed by atoms with Crippen molar-refractivity contribution in [1.29, 1.82) is 0 Å². The van der Waals surface area contributed by atoms with Crippen molar-refractivity contribution in [2.24, 2.45) is 0 Å². The number of piperazine rings is 1. The van der Waals surface area contributed by atoms with E-state index in [4.69, 9.17) is 0 Å². The van der Waals surface area contributed by atoms with Gasteiger partial charge in [0, 0.05) is 49.3 Å². The molecule has 0 bridgehead atoms. The Morgan fingerprint density at radius 2 is 1.46 bits per heavy atom. The van der Waals surface area contributed by atoms with E-state index in [2.05, 4.69) is 72.6 Å². The Balaban J connectivity index is 1.20. The Morgan fingerprint density at radius 3 is 2.05 bits per heavy atom. The predicted molar refractivity (Wildman–Crippen MR) is 154 cm³/mol. The normalized spacial score (nSPS) is 23.1. The Labute approximate surface area is 239 Å². The third kappa shape index (κ3) is 5.04. The number of fused-ring (bicyclic) bond motifs is 1. The van der Waals surface area contributed by atoms with Crippen LogP contribution in [-0.4, -0.2) is 69.5 Å². The van der Waals surface area contributed by atoms with Crippen molar-refractivity contribution in [1.82, 2.24) is 20.0 Å². The van der Waals surface area contributed by atoms with Gasteiger partial charge in [0.05, 0.1) is 6.04 Å². The minimum absolute atomic E-state index is 0.0315. The number of piperidine rings is 1. The molecule has 3 heterocycles. The highest BCUT2D eigenvalue weighted by atomic mass is 16.2. The average molecular weight is 551 g/mol. The van der Waals surface area contributed by atoms with Crippen molar-refractivity contribution in [3.8, 4) is 0 Å². The number of nitrogens with one attached hydrogen (secondary N) is 1. The number of hydrogen-bond acceptors (Lipinski definition) is 5. The number of nitrogens with zero attached hydrogens (tertiary/aromatic N) is 3. The highest BCUT2D eigenvalue weighted by Crippen LogP contribution is 2.33. The number of amides is 4. The summed E-state index contributed by atoms with van der Waals surface area (Å²) in [6.07, 6.45) is 0.514. The Morgan fingerprint density at radius 1 is 0.854 bits per heavy atom. The SMILES string of the molecule is CC1CN(C(c2ccccc2)c2ccccc2)CC(C)N1C(=O)c1ccc2c(c1)CN(C1CCC(=O)NC1=O)C2=O. The van der Waals surface area contributed by atoms with Crippen molar-refractivity contribution in [2.45, 2.75) is 57.4 Å². The molecule has 0 saturated carbocycles. The molecule has 2 saturated heterocycles. The van der Waals surface area contributed by atoms with Crippen LogP contribution in [0.25, 0.3) is 0 Å². The minimum Gasteiger partial charge on any atom is -0.331 e. The second-order valence-corrected chi connectivity index (χ2v) is 11.4. The van der Waals surface area contributed by atoms with Crippen LogP contribution in [0, 0.1) is 0 Å². The van der Waals surface area contributed by atoms with Gasteiger partial charge in [-0.1, -0.05) is 60.7 Å². The molecule has 0 aromatic heterocycles. The van der Waals surface area contributed by atoms with Gasteiger partial charge in [-0.05, 0) is 55.2 Å². The second kappa shape index (κ2) is 10.9. The molecule has 3 aromatic carbocycles. The summed E-state index contributed by atoms with van der Waals surface area (Å²) in [7, 11) is 0.